The Labute approximate surface area is 130 Å². The lowest BCUT2D eigenvalue weighted by Crippen LogP contribution is -2.40. The molecule has 3 N–H and O–H groups in total. The Morgan fingerprint density at radius 2 is 1.95 bits per heavy atom. The second kappa shape index (κ2) is 7.22. The maximum Gasteiger partial charge on any atom is 0.310 e. The Morgan fingerprint density at radius 1 is 1.27 bits per heavy atom. The second-order valence-corrected chi connectivity index (χ2v) is 5.52. The maximum absolute atomic E-state index is 11.5. The standard InChI is InChI=1S/C17H23N3O2/c1-3-17(4-2,16(21)22)12-18-10-14-11-19-15(20-14)13-8-6-5-7-9-13/h5-9,11,18H,3-4,10,12H2,1-2H3,(H,19,20)(H,21,22). The summed E-state index contributed by atoms with van der Waals surface area (Å²) in [5, 5.41) is 12.7. The molecule has 0 atom stereocenters. The molecule has 0 aliphatic heterocycles. The van der Waals surface area contributed by atoms with Crippen molar-refractivity contribution in [2.45, 2.75) is 33.2 Å². The van der Waals surface area contributed by atoms with Gasteiger partial charge in [0, 0.05) is 30.5 Å². The van der Waals surface area contributed by atoms with Gasteiger partial charge in [-0.25, -0.2) is 4.98 Å². The summed E-state index contributed by atoms with van der Waals surface area (Å²) in [6.45, 7) is 4.87. The van der Waals surface area contributed by atoms with Crippen molar-refractivity contribution in [1.82, 2.24) is 15.3 Å². The van der Waals surface area contributed by atoms with Crippen LogP contribution < -0.4 is 5.32 Å². The van der Waals surface area contributed by atoms with E-state index in [0.29, 0.717) is 25.9 Å². The van der Waals surface area contributed by atoms with Gasteiger partial charge in [-0.05, 0) is 12.8 Å². The van der Waals surface area contributed by atoms with Gasteiger partial charge in [-0.2, -0.15) is 0 Å². The van der Waals surface area contributed by atoms with Gasteiger partial charge in [0.15, 0.2) is 0 Å². The van der Waals surface area contributed by atoms with Gasteiger partial charge in [-0.1, -0.05) is 44.2 Å². The first-order chi connectivity index (χ1) is 10.6. The van der Waals surface area contributed by atoms with E-state index in [1.807, 2.05) is 44.2 Å². The number of hydrogen-bond donors (Lipinski definition) is 3. The fourth-order valence-electron chi connectivity index (χ4n) is 2.51. The van der Waals surface area contributed by atoms with Crippen LogP contribution in [0, 0.1) is 5.41 Å². The molecule has 5 nitrogen and oxygen atoms in total. The molecule has 0 radical (unpaired) electrons. The van der Waals surface area contributed by atoms with Gasteiger partial charge < -0.3 is 15.4 Å². The molecule has 5 heteroatoms. The normalized spacial score (nSPS) is 11.5. The third-order valence-corrected chi connectivity index (χ3v) is 4.26. The zero-order valence-corrected chi connectivity index (χ0v) is 13.1. The van der Waals surface area contributed by atoms with Crippen LogP contribution in [-0.2, 0) is 11.3 Å². The van der Waals surface area contributed by atoms with E-state index in [2.05, 4.69) is 15.3 Å². The molecule has 0 aliphatic rings. The Kier molecular flexibility index (Phi) is 5.33. The topological polar surface area (TPSA) is 78.0 Å². The zero-order valence-electron chi connectivity index (χ0n) is 13.1. The first-order valence-electron chi connectivity index (χ1n) is 7.64. The number of rotatable bonds is 8. The van der Waals surface area contributed by atoms with Crippen molar-refractivity contribution in [3.63, 3.8) is 0 Å². The number of nitrogens with one attached hydrogen (secondary N) is 2. The predicted molar refractivity (Wildman–Crippen MR) is 86.4 cm³/mol. The Bertz CT molecular complexity index is 603. The molecule has 1 aromatic carbocycles. The lowest BCUT2D eigenvalue weighted by molar-refractivity contribution is -0.149. The van der Waals surface area contributed by atoms with Crippen molar-refractivity contribution in [2.24, 2.45) is 5.41 Å². The number of benzene rings is 1. The molecule has 0 aliphatic carbocycles. The summed E-state index contributed by atoms with van der Waals surface area (Å²) in [4.78, 5) is 19.1. The van der Waals surface area contributed by atoms with Gasteiger partial charge in [0.1, 0.15) is 5.82 Å². The van der Waals surface area contributed by atoms with Crippen LogP contribution in [0.3, 0.4) is 0 Å². The van der Waals surface area contributed by atoms with Crippen LogP contribution in [0.15, 0.2) is 36.5 Å². The number of H-pyrrole nitrogens is 1. The number of aliphatic carboxylic acids is 1. The van der Waals surface area contributed by atoms with Gasteiger partial charge in [-0.3, -0.25) is 4.79 Å². The maximum atomic E-state index is 11.5. The van der Waals surface area contributed by atoms with Gasteiger partial charge in [0.25, 0.3) is 0 Å². The molecule has 0 spiro atoms. The number of imidazole rings is 1. The van der Waals surface area contributed by atoms with Crippen LogP contribution in [0.1, 0.15) is 32.4 Å². The Morgan fingerprint density at radius 3 is 2.55 bits per heavy atom. The van der Waals surface area contributed by atoms with Crippen molar-refractivity contribution in [2.75, 3.05) is 6.54 Å². The van der Waals surface area contributed by atoms with Crippen molar-refractivity contribution in [1.29, 1.82) is 0 Å². The monoisotopic (exact) mass is 301 g/mol. The highest BCUT2D eigenvalue weighted by atomic mass is 16.4. The van der Waals surface area contributed by atoms with E-state index in [1.165, 1.54) is 0 Å². The first-order valence-corrected chi connectivity index (χ1v) is 7.64. The zero-order chi connectivity index (χ0) is 16.0. The number of carboxylic acids is 1. The molecule has 1 aromatic heterocycles. The number of hydrogen-bond acceptors (Lipinski definition) is 3. The van der Waals surface area contributed by atoms with Gasteiger partial charge >= 0.3 is 5.97 Å². The average Bonchev–Trinajstić information content (AvgIpc) is 3.01. The van der Waals surface area contributed by atoms with Crippen LogP contribution >= 0.6 is 0 Å². The predicted octanol–water partition coefficient (Wildman–Crippen LogP) is 3.06. The molecule has 0 saturated carbocycles. The van der Waals surface area contributed by atoms with Gasteiger partial charge in [0.05, 0.1) is 5.41 Å². The molecule has 118 valence electrons. The summed E-state index contributed by atoms with van der Waals surface area (Å²) in [6.07, 6.45) is 3.02. The van der Waals surface area contributed by atoms with Crippen LogP contribution in [0.25, 0.3) is 11.4 Å². The van der Waals surface area contributed by atoms with Crippen LogP contribution in [0.2, 0.25) is 0 Å². The van der Waals surface area contributed by atoms with E-state index in [4.69, 9.17) is 0 Å². The summed E-state index contributed by atoms with van der Waals surface area (Å²) in [6, 6.07) is 9.91. The average molecular weight is 301 g/mol. The van der Waals surface area contributed by atoms with Crippen LogP contribution in [0.5, 0.6) is 0 Å². The molecule has 0 saturated heterocycles. The molecule has 0 unspecified atom stereocenters. The molecular formula is C17H23N3O2. The highest BCUT2D eigenvalue weighted by Gasteiger charge is 2.34. The Hall–Kier alpha value is -2.14. The highest BCUT2D eigenvalue weighted by molar-refractivity contribution is 5.74. The molecular weight excluding hydrogens is 278 g/mol. The van der Waals surface area contributed by atoms with E-state index in [0.717, 1.165) is 17.1 Å². The van der Waals surface area contributed by atoms with Crippen LogP contribution in [-0.4, -0.2) is 27.6 Å². The minimum Gasteiger partial charge on any atom is -0.481 e. The highest BCUT2D eigenvalue weighted by Crippen LogP contribution is 2.25. The molecule has 0 bridgehead atoms. The lowest BCUT2D eigenvalue weighted by Gasteiger charge is -2.26. The quantitative estimate of drug-likeness (QED) is 0.700. The van der Waals surface area contributed by atoms with E-state index in [9.17, 15) is 9.90 Å². The molecule has 22 heavy (non-hydrogen) atoms. The van der Waals surface area contributed by atoms with Crippen molar-refractivity contribution in [3.05, 3.63) is 42.2 Å². The number of carboxylic acid groups (broad SMARTS) is 1. The lowest BCUT2D eigenvalue weighted by atomic mass is 9.82. The molecule has 2 aromatic rings. The van der Waals surface area contributed by atoms with Crippen molar-refractivity contribution >= 4 is 5.97 Å². The fraction of sp³-hybridized carbons (Fsp3) is 0.412. The van der Waals surface area contributed by atoms with E-state index in [1.54, 1.807) is 6.20 Å². The summed E-state index contributed by atoms with van der Waals surface area (Å²) >= 11 is 0. The largest absolute Gasteiger partial charge is 0.481 e. The van der Waals surface area contributed by atoms with E-state index >= 15 is 0 Å². The Balaban J connectivity index is 1.96. The number of aromatic amines is 1. The number of aromatic nitrogens is 2. The molecule has 2 rings (SSSR count). The fourth-order valence-corrected chi connectivity index (χ4v) is 2.51. The van der Waals surface area contributed by atoms with E-state index in [-0.39, 0.29) is 0 Å². The summed E-state index contributed by atoms with van der Waals surface area (Å²) in [7, 11) is 0. The van der Waals surface area contributed by atoms with Crippen molar-refractivity contribution < 1.29 is 9.90 Å². The number of nitrogens with zero attached hydrogens (tertiary/aromatic N) is 1. The smallest absolute Gasteiger partial charge is 0.310 e. The minimum absolute atomic E-state index is 0.453. The third kappa shape index (κ3) is 3.54. The second-order valence-electron chi connectivity index (χ2n) is 5.52. The van der Waals surface area contributed by atoms with E-state index < -0.39 is 11.4 Å². The SMILES string of the molecule is CCC(CC)(CNCc1cnc(-c2ccccc2)[nH]1)C(=O)O. The molecule has 0 amide bonds. The minimum atomic E-state index is -0.736. The van der Waals surface area contributed by atoms with Gasteiger partial charge in [0.2, 0.25) is 0 Å². The van der Waals surface area contributed by atoms with Gasteiger partial charge in [-0.15, -0.1) is 0 Å². The molecule has 0 fully saturated rings. The van der Waals surface area contributed by atoms with Crippen LogP contribution in [0.4, 0.5) is 0 Å². The first kappa shape index (κ1) is 16.2. The van der Waals surface area contributed by atoms with Crippen molar-refractivity contribution in [3.8, 4) is 11.4 Å². The molecule has 1 heterocycles. The summed E-state index contributed by atoms with van der Waals surface area (Å²) < 4.78 is 0. The summed E-state index contributed by atoms with van der Waals surface area (Å²) in [5.41, 5.74) is 1.29. The summed E-state index contributed by atoms with van der Waals surface area (Å²) in [5.74, 6) is 0.0902. The third-order valence-electron chi connectivity index (χ3n) is 4.26. The number of carbonyl (C=O) groups is 1.